The second-order valence-corrected chi connectivity index (χ2v) is 12.6. The van der Waals surface area contributed by atoms with Crippen LogP contribution in [-0.2, 0) is 0 Å². The number of phenols is 1. The number of fused-ring (bicyclic) bond motifs is 2. The molecule has 4 rings (SSSR count). The van der Waals surface area contributed by atoms with Gasteiger partial charge in [0.05, 0.1) is 36.4 Å². The minimum absolute atomic E-state index is 0. The number of carboxylic acid groups (broad SMARTS) is 1. The van der Waals surface area contributed by atoms with E-state index in [2.05, 4.69) is 0 Å². The van der Waals surface area contributed by atoms with Crippen molar-refractivity contribution in [2.75, 3.05) is 0 Å². The van der Waals surface area contributed by atoms with E-state index in [4.69, 9.17) is 50.8 Å². The fourth-order valence-corrected chi connectivity index (χ4v) is 7.93. The van der Waals surface area contributed by atoms with Gasteiger partial charge in [-0.3, -0.25) is 4.79 Å². The van der Waals surface area contributed by atoms with Gasteiger partial charge in [0.1, 0.15) is 9.32 Å². The van der Waals surface area contributed by atoms with Crippen LogP contribution in [0.25, 0.3) is 33.4 Å². The molecule has 0 saturated carbocycles. The van der Waals surface area contributed by atoms with Gasteiger partial charge in [-0.15, -0.1) is 0 Å². The molecule has 0 fully saturated rings. The number of aromatic hydroxyl groups is 1. The van der Waals surface area contributed by atoms with Crippen LogP contribution in [0.1, 0.15) is 13.2 Å². The van der Waals surface area contributed by atoms with Gasteiger partial charge in [0.15, 0.2) is 11.3 Å². The monoisotopic (exact) mass is 1050 g/mol. The minimum Gasteiger partial charge on any atom is -1.00 e. The zero-order valence-electron chi connectivity index (χ0n) is 19.3. The van der Waals surface area contributed by atoms with Crippen molar-refractivity contribution in [2.45, 2.75) is 0 Å². The van der Waals surface area contributed by atoms with Crippen molar-refractivity contribution in [1.29, 1.82) is 0 Å². The van der Waals surface area contributed by atoms with Gasteiger partial charge in [-0.2, -0.15) is 0 Å². The summed E-state index contributed by atoms with van der Waals surface area (Å²) in [5, 5.41) is 20.3. The Labute approximate surface area is 360 Å². The molecule has 1 aliphatic heterocycles. The molecule has 0 unspecified atom stereocenters. The van der Waals surface area contributed by atoms with Crippen molar-refractivity contribution < 1.29 is 125 Å². The first-order valence-electron chi connectivity index (χ1n) is 8.43. The van der Waals surface area contributed by atoms with Gasteiger partial charge in [-0.25, -0.2) is 4.79 Å². The van der Waals surface area contributed by atoms with Gasteiger partial charge in [0, 0.05) is 22.1 Å². The summed E-state index contributed by atoms with van der Waals surface area (Å²) in [6, 6.07) is 3.22. The summed E-state index contributed by atoms with van der Waals surface area (Å²) in [6.07, 6.45) is 0. The van der Waals surface area contributed by atoms with Crippen molar-refractivity contribution in [3.8, 4) is 28.2 Å². The van der Waals surface area contributed by atoms with Crippen molar-refractivity contribution in [2.24, 2.45) is 0 Å². The average Bonchev–Trinajstić information content (AvgIpc) is 2.76. The molecule has 174 valence electrons. The third kappa shape index (κ3) is 6.27. The molecule has 0 radical (unpaired) electrons. The second-order valence-electron chi connectivity index (χ2n) is 6.56. The molecule has 5 nitrogen and oxygen atoms in total. The van der Waals surface area contributed by atoms with E-state index in [9.17, 15) is 19.8 Å². The predicted molar refractivity (Wildman–Crippen MR) is 166 cm³/mol. The Hall–Kier alpha value is 3.75. The van der Waals surface area contributed by atoms with Gasteiger partial charge in [0.2, 0.25) is 5.43 Å². The van der Waals surface area contributed by atoms with Crippen LogP contribution in [0.3, 0.4) is 0 Å². The van der Waals surface area contributed by atoms with Crippen LogP contribution < -0.4 is 108 Å². The molecule has 0 amide bonds. The van der Waals surface area contributed by atoms with Crippen LogP contribution in [0.4, 0.5) is 0 Å². The van der Waals surface area contributed by atoms with E-state index in [0.29, 0.717) is 27.2 Å². The molecule has 0 aromatic heterocycles. The number of halogens is 8. The number of rotatable bonds is 2. The van der Waals surface area contributed by atoms with Crippen molar-refractivity contribution >= 4 is 154 Å². The Balaban J connectivity index is 0.00000324. The van der Waals surface area contributed by atoms with Gasteiger partial charge >= 0.3 is 109 Å². The van der Waals surface area contributed by atoms with E-state index in [1.54, 1.807) is 12.1 Å². The largest absolute Gasteiger partial charge is 1.00 e. The summed E-state index contributed by atoms with van der Waals surface area (Å²) in [5.41, 5.74) is 0.423. The first-order chi connectivity index (χ1) is 15.4. The Kier molecular flexibility index (Phi) is 13.8. The van der Waals surface area contributed by atoms with E-state index in [0.717, 1.165) is 0 Å². The molecule has 2 aromatic rings. The normalized spacial score (nSPS) is 10.9. The number of carboxylic acids is 1. The molecule has 1 aliphatic carbocycles. The molecule has 2 aromatic carbocycles. The standard InChI is InChI=1S/C20H4Cl4I4O5.2K.2H/c21-10-8(9(20(31)32)11(22)13(24)12(10)23)7-3-1-5(25)16(29)14(27)18(3)33-19-4(7)2-6(26)17(30)15(19)28;;;;/h1-2,29H,(H,31,32);;;;/q;2*+1;2*-1. The fourth-order valence-electron chi connectivity index (χ4n) is 3.33. The van der Waals surface area contributed by atoms with E-state index >= 15 is 0 Å². The number of benzene rings is 3. The van der Waals surface area contributed by atoms with Crippen LogP contribution in [-0.4, -0.2) is 16.2 Å². The molecule has 0 saturated heterocycles. The first kappa shape index (κ1) is 35.0. The SMILES string of the molecule is O=C(O)c1c(Cl)c(Cl)c(Cl)c(Cl)c1-c1c2cc(I)c(=O)c(I)c-2oc2c(I)c(O)c(I)cc12.[H-].[H-].[K+].[K+]. The molecule has 15 heteroatoms. The van der Waals surface area contributed by atoms with E-state index in [1.165, 1.54) is 0 Å². The van der Waals surface area contributed by atoms with Crippen LogP contribution in [0.15, 0.2) is 21.3 Å². The van der Waals surface area contributed by atoms with Gasteiger partial charge in [-0.05, 0) is 102 Å². The number of hydrogen-bond acceptors (Lipinski definition) is 4. The van der Waals surface area contributed by atoms with Crippen LogP contribution >= 0.6 is 137 Å². The topological polar surface area (TPSA) is 87.7 Å². The molecule has 0 atom stereocenters. The van der Waals surface area contributed by atoms with Crippen LogP contribution in [0, 0.1) is 14.3 Å². The smallest absolute Gasteiger partial charge is 1.00 e. The predicted octanol–water partition coefficient (Wildman–Crippen LogP) is 3.23. The maximum atomic E-state index is 12.7. The number of phenolic OH excluding ortho intramolecular Hbond substituents is 1. The maximum absolute atomic E-state index is 12.7. The first-order valence-corrected chi connectivity index (χ1v) is 14.3. The molecular formula is C20H6Cl4I4K2O5. The minimum atomic E-state index is -1.37. The van der Waals surface area contributed by atoms with E-state index in [-0.39, 0.29) is 163 Å². The zero-order valence-corrected chi connectivity index (χ0v) is 35.2. The second kappa shape index (κ2) is 13.8. The zero-order chi connectivity index (χ0) is 24.5. The maximum Gasteiger partial charge on any atom is 1.00 e. The number of hydrogen-bond donors (Lipinski definition) is 2. The summed E-state index contributed by atoms with van der Waals surface area (Å²) >= 11 is 33.1. The summed E-state index contributed by atoms with van der Waals surface area (Å²) < 4.78 is 7.64. The van der Waals surface area contributed by atoms with Crippen molar-refractivity contribution in [3.05, 3.63) is 62.3 Å². The average molecular weight is 1050 g/mol. The van der Waals surface area contributed by atoms with E-state index < -0.39 is 5.97 Å². The molecule has 1 heterocycles. The molecule has 35 heavy (non-hydrogen) atoms. The molecule has 0 spiro atoms. The fraction of sp³-hybridized carbons (Fsp3) is 0. The van der Waals surface area contributed by atoms with E-state index in [1.807, 2.05) is 90.4 Å². The van der Waals surface area contributed by atoms with Crippen molar-refractivity contribution in [1.82, 2.24) is 0 Å². The van der Waals surface area contributed by atoms with Crippen LogP contribution in [0.2, 0.25) is 20.1 Å². The third-order valence-corrected chi connectivity index (χ3v) is 10.2. The number of carbonyl (C=O) groups is 1. The van der Waals surface area contributed by atoms with Gasteiger partial charge < -0.3 is 17.5 Å². The Morgan fingerprint density at radius 2 is 1.43 bits per heavy atom. The third-order valence-electron chi connectivity index (χ3n) is 4.75. The van der Waals surface area contributed by atoms with Gasteiger partial charge in [0.25, 0.3) is 0 Å². The summed E-state index contributed by atoms with van der Waals surface area (Å²) in [6.45, 7) is 0. The quantitative estimate of drug-likeness (QED) is 0.106. The molecule has 2 N–H and O–H groups in total. The Bertz CT molecular complexity index is 1590. The van der Waals surface area contributed by atoms with Crippen molar-refractivity contribution in [3.63, 3.8) is 0 Å². The molecule has 2 aliphatic rings. The molecule has 0 bridgehead atoms. The summed E-state index contributed by atoms with van der Waals surface area (Å²) in [7, 11) is 0. The summed E-state index contributed by atoms with van der Waals surface area (Å²) in [4.78, 5) is 25.0. The summed E-state index contributed by atoms with van der Waals surface area (Å²) in [5.74, 6) is -1.18. The Morgan fingerprint density at radius 3 is 2.00 bits per heavy atom. The van der Waals surface area contributed by atoms with Gasteiger partial charge in [-0.1, -0.05) is 46.4 Å². The molecular weight excluding hydrogens is 1050 g/mol. The van der Waals surface area contributed by atoms with Crippen LogP contribution in [0.5, 0.6) is 5.75 Å². The Morgan fingerprint density at radius 1 is 0.857 bits per heavy atom. The number of aromatic carboxylic acids is 1.